The highest BCUT2D eigenvalue weighted by molar-refractivity contribution is 7.98. The molecule has 2 aliphatic rings. The van der Waals surface area contributed by atoms with E-state index in [1.165, 1.54) is 19.3 Å². The maximum atomic E-state index is 13.1. The normalized spacial score (nSPS) is 20.3. The van der Waals surface area contributed by atoms with Gasteiger partial charge in [0.05, 0.1) is 13.2 Å². The molecule has 6 nitrogen and oxygen atoms in total. The third kappa shape index (κ3) is 6.22. The minimum Gasteiger partial charge on any atom is -0.379 e. The van der Waals surface area contributed by atoms with E-state index in [2.05, 4.69) is 15.5 Å². The Hall–Kier alpha value is -1.57. The second-order valence-corrected chi connectivity index (χ2v) is 9.26. The summed E-state index contributed by atoms with van der Waals surface area (Å²) in [5.74, 6) is 0.547. The zero-order valence-corrected chi connectivity index (χ0v) is 18.8. The van der Waals surface area contributed by atoms with Crippen LogP contribution < -0.4 is 10.6 Å². The molecule has 2 N–H and O–H groups in total. The van der Waals surface area contributed by atoms with E-state index in [0.717, 1.165) is 44.9 Å². The minimum absolute atomic E-state index is 0.0190. The van der Waals surface area contributed by atoms with Crippen molar-refractivity contribution in [3.8, 4) is 0 Å². The molecule has 30 heavy (non-hydrogen) atoms. The summed E-state index contributed by atoms with van der Waals surface area (Å²) in [4.78, 5) is 28.2. The molecule has 1 aromatic rings. The van der Waals surface area contributed by atoms with Crippen LogP contribution in [0.4, 0.5) is 0 Å². The number of carbonyl (C=O) groups excluding carboxylic acids is 2. The van der Waals surface area contributed by atoms with Crippen molar-refractivity contribution in [1.82, 2.24) is 15.5 Å². The maximum absolute atomic E-state index is 13.1. The third-order valence-corrected chi connectivity index (χ3v) is 6.97. The highest BCUT2D eigenvalue weighted by Gasteiger charge is 2.39. The smallest absolute Gasteiger partial charge is 0.251 e. The highest BCUT2D eigenvalue weighted by atomic mass is 32.2. The molecule has 1 aliphatic heterocycles. The average molecular weight is 434 g/mol. The van der Waals surface area contributed by atoms with Gasteiger partial charge in [-0.1, -0.05) is 37.5 Å². The van der Waals surface area contributed by atoms with E-state index < -0.39 is 6.04 Å². The molecule has 1 aliphatic carbocycles. The summed E-state index contributed by atoms with van der Waals surface area (Å²) in [6.45, 7) is 4.02. The van der Waals surface area contributed by atoms with E-state index in [9.17, 15) is 9.59 Å². The molecule has 2 amide bonds. The van der Waals surface area contributed by atoms with Gasteiger partial charge in [0.1, 0.15) is 6.04 Å². The Kier molecular flexibility index (Phi) is 9.03. The number of morpholine rings is 1. The lowest BCUT2D eigenvalue weighted by Gasteiger charge is -2.48. The molecule has 1 saturated heterocycles. The Morgan fingerprint density at radius 1 is 1.13 bits per heavy atom. The highest BCUT2D eigenvalue weighted by Crippen LogP contribution is 2.33. The summed E-state index contributed by atoms with van der Waals surface area (Å²) in [5.41, 5.74) is 0.599. The molecule has 1 unspecified atom stereocenters. The molecule has 166 valence electrons. The summed E-state index contributed by atoms with van der Waals surface area (Å²) in [5, 5.41) is 6.16. The fourth-order valence-electron chi connectivity index (χ4n) is 4.56. The van der Waals surface area contributed by atoms with Gasteiger partial charge in [-0.15, -0.1) is 0 Å². The van der Waals surface area contributed by atoms with Gasteiger partial charge < -0.3 is 15.4 Å². The van der Waals surface area contributed by atoms with Crippen LogP contribution in [0.25, 0.3) is 0 Å². The molecule has 1 saturated carbocycles. The van der Waals surface area contributed by atoms with Crippen molar-refractivity contribution in [2.45, 2.75) is 50.1 Å². The van der Waals surface area contributed by atoms with Crippen LogP contribution in [0.15, 0.2) is 30.3 Å². The first-order valence-electron chi connectivity index (χ1n) is 11.1. The van der Waals surface area contributed by atoms with Gasteiger partial charge in [0.25, 0.3) is 5.91 Å². The molecule has 0 spiro atoms. The van der Waals surface area contributed by atoms with E-state index in [4.69, 9.17) is 4.74 Å². The second-order valence-electron chi connectivity index (χ2n) is 8.28. The topological polar surface area (TPSA) is 70.7 Å². The van der Waals surface area contributed by atoms with E-state index >= 15 is 0 Å². The second kappa shape index (κ2) is 11.7. The lowest BCUT2D eigenvalue weighted by Crippen LogP contribution is -2.61. The fourth-order valence-corrected chi connectivity index (χ4v) is 5.03. The number of nitrogens with one attached hydrogen (secondary N) is 2. The van der Waals surface area contributed by atoms with Crippen LogP contribution >= 0.6 is 11.8 Å². The van der Waals surface area contributed by atoms with Crippen molar-refractivity contribution in [3.05, 3.63) is 35.9 Å². The van der Waals surface area contributed by atoms with Crippen LogP contribution in [-0.4, -0.2) is 73.2 Å². The number of hydrogen-bond donors (Lipinski definition) is 2. The average Bonchev–Trinajstić information content (AvgIpc) is 2.81. The maximum Gasteiger partial charge on any atom is 0.251 e. The van der Waals surface area contributed by atoms with Crippen LogP contribution in [0.3, 0.4) is 0 Å². The van der Waals surface area contributed by atoms with Gasteiger partial charge in [0.15, 0.2) is 0 Å². The standard InChI is InChI=1S/C23H35N3O3S/c1-30-17-10-20(25-21(27)19-8-4-2-5-9-19)22(28)24-18-23(11-6-3-7-12-23)26-13-15-29-16-14-26/h2,4-5,8-9,20H,3,6-7,10-18H2,1H3,(H,24,28)(H,25,27). The van der Waals surface area contributed by atoms with Gasteiger partial charge in [-0.05, 0) is 43.4 Å². The van der Waals surface area contributed by atoms with E-state index in [-0.39, 0.29) is 17.4 Å². The van der Waals surface area contributed by atoms with Gasteiger partial charge in [0.2, 0.25) is 5.91 Å². The van der Waals surface area contributed by atoms with Gasteiger partial charge in [-0.3, -0.25) is 14.5 Å². The lowest BCUT2D eigenvalue weighted by atomic mass is 9.79. The van der Waals surface area contributed by atoms with Crippen molar-refractivity contribution in [1.29, 1.82) is 0 Å². The van der Waals surface area contributed by atoms with Crippen LogP contribution in [0.2, 0.25) is 0 Å². The molecule has 3 rings (SSSR count). The Labute approximate surface area is 184 Å². The predicted molar refractivity (Wildman–Crippen MR) is 122 cm³/mol. The van der Waals surface area contributed by atoms with Crippen molar-refractivity contribution in [2.75, 3.05) is 44.9 Å². The Balaban J connectivity index is 1.63. The lowest BCUT2D eigenvalue weighted by molar-refractivity contribution is -0.124. The molecule has 1 aromatic carbocycles. The number of amides is 2. The molecule has 0 radical (unpaired) electrons. The molecular weight excluding hydrogens is 398 g/mol. The summed E-state index contributed by atoms with van der Waals surface area (Å²) >= 11 is 1.68. The molecule has 1 atom stereocenters. The molecular formula is C23H35N3O3S. The first kappa shape index (κ1) is 23.1. The Morgan fingerprint density at radius 2 is 1.83 bits per heavy atom. The van der Waals surface area contributed by atoms with E-state index in [1.54, 1.807) is 23.9 Å². The zero-order chi connectivity index (χ0) is 21.2. The van der Waals surface area contributed by atoms with Crippen LogP contribution in [0, 0.1) is 0 Å². The SMILES string of the molecule is CSCCC(NC(=O)c1ccccc1)C(=O)NCC1(N2CCOCC2)CCCCC1. The van der Waals surface area contributed by atoms with Crippen molar-refractivity contribution < 1.29 is 14.3 Å². The van der Waals surface area contributed by atoms with Gasteiger partial charge in [0, 0.05) is 30.7 Å². The first-order valence-corrected chi connectivity index (χ1v) is 12.5. The molecule has 0 aromatic heterocycles. The monoisotopic (exact) mass is 433 g/mol. The summed E-state index contributed by atoms with van der Waals surface area (Å²) in [6, 6.07) is 8.57. The first-order chi connectivity index (χ1) is 14.6. The van der Waals surface area contributed by atoms with Gasteiger partial charge in [-0.2, -0.15) is 11.8 Å². The fraction of sp³-hybridized carbons (Fsp3) is 0.652. The number of hydrogen-bond acceptors (Lipinski definition) is 5. The number of carbonyl (C=O) groups is 2. The predicted octanol–water partition coefficient (Wildman–Crippen LogP) is 2.69. The summed E-state index contributed by atoms with van der Waals surface area (Å²) < 4.78 is 5.55. The van der Waals surface area contributed by atoms with Gasteiger partial charge >= 0.3 is 0 Å². The Morgan fingerprint density at radius 3 is 2.50 bits per heavy atom. The molecule has 2 fully saturated rings. The largest absolute Gasteiger partial charge is 0.379 e. The zero-order valence-electron chi connectivity index (χ0n) is 18.0. The quantitative estimate of drug-likeness (QED) is 0.627. The van der Waals surface area contributed by atoms with Gasteiger partial charge in [-0.25, -0.2) is 0 Å². The summed E-state index contributed by atoms with van der Waals surface area (Å²) in [6.07, 6.45) is 8.53. The van der Waals surface area contributed by atoms with Crippen LogP contribution in [0.1, 0.15) is 48.9 Å². The van der Waals surface area contributed by atoms with Crippen molar-refractivity contribution in [3.63, 3.8) is 0 Å². The van der Waals surface area contributed by atoms with Crippen LogP contribution in [0.5, 0.6) is 0 Å². The number of rotatable bonds is 9. The number of benzene rings is 1. The summed E-state index contributed by atoms with van der Waals surface area (Å²) in [7, 11) is 0. The number of ether oxygens (including phenoxy) is 1. The Bertz CT molecular complexity index is 674. The molecule has 0 bridgehead atoms. The minimum atomic E-state index is -0.518. The number of thioether (sulfide) groups is 1. The van der Waals surface area contributed by atoms with E-state index in [0.29, 0.717) is 18.5 Å². The van der Waals surface area contributed by atoms with E-state index in [1.807, 2.05) is 24.5 Å². The molecule has 7 heteroatoms. The van der Waals surface area contributed by atoms with Crippen molar-refractivity contribution >= 4 is 23.6 Å². The molecule has 1 heterocycles. The van der Waals surface area contributed by atoms with Crippen molar-refractivity contribution in [2.24, 2.45) is 0 Å². The number of nitrogens with zero attached hydrogens (tertiary/aromatic N) is 1. The van der Waals surface area contributed by atoms with Crippen LogP contribution in [-0.2, 0) is 9.53 Å². The third-order valence-electron chi connectivity index (χ3n) is 6.33.